The summed E-state index contributed by atoms with van der Waals surface area (Å²) in [4.78, 5) is 33.8. The Hall–Kier alpha value is -2.18. The maximum atomic E-state index is 13.1. The second kappa shape index (κ2) is 11.0. The summed E-state index contributed by atoms with van der Waals surface area (Å²) in [6, 6.07) is 3.58. The molecule has 34 heavy (non-hydrogen) atoms. The quantitative estimate of drug-likeness (QED) is 0.696. The molecule has 1 atom stereocenters. The minimum absolute atomic E-state index is 0.0837. The Morgan fingerprint density at radius 3 is 2.47 bits per heavy atom. The molecular formula is C28H42N4O2. The van der Waals surface area contributed by atoms with Gasteiger partial charge in [0.05, 0.1) is 0 Å². The van der Waals surface area contributed by atoms with Gasteiger partial charge in [0.25, 0.3) is 5.56 Å². The van der Waals surface area contributed by atoms with Crippen LogP contribution in [0.15, 0.2) is 34.2 Å². The zero-order valence-corrected chi connectivity index (χ0v) is 21.5. The van der Waals surface area contributed by atoms with Gasteiger partial charge < -0.3 is 15.2 Å². The number of allylic oxidation sites excluding steroid dienone is 1. The van der Waals surface area contributed by atoms with Gasteiger partial charge >= 0.3 is 0 Å². The van der Waals surface area contributed by atoms with Crippen molar-refractivity contribution in [3.05, 3.63) is 51.0 Å². The summed E-state index contributed by atoms with van der Waals surface area (Å²) in [5, 5.41) is 3.38. The van der Waals surface area contributed by atoms with Crippen molar-refractivity contribution < 1.29 is 4.79 Å². The molecule has 1 aromatic heterocycles. The molecule has 2 N–H and O–H groups in total. The third-order valence-corrected chi connectivity index (χ3v) is 8.14. The third kappa shape index (κ3) is 5.38. The molecule has 2 aliphatic carbocycles. The molecule has 4 rings (SSSR count). The highest BCUT2D eigenvalue weighted by Gasteiger charge is 2.33. The van der Waals surface area contributed by atoms with E-state index in [4.69, 9.17) is 0 Å². The van der Waals surface area contributed by atoms with Crippen molar-refractivity contribution in [2.75, 3.05) is 32.5 Å². The number of aromatic amines is 1. The fourth-order valence-corrected chi connectivity index (χ4v) is 6.31. The Bertz CT molecular complexity index is 998. The number of hydrogen-bond donors (Lipinski definition) is 2. The standard InChI is InChI=1S/C28H42N4O2/c1-5-32(22-15-13-21(14-16-22)31(3)4)25-11-7-6-9-20-17-19(2)30-28(34)27(20)29-18-24-23(25)10-8-12-26(24)33/h8,10,17,21-22,25,29H,5-7,9,11-16,18H2,1-4H3,(H,30,34). The molecule has 0 radical (unpaired) electrons. The number of nitrogens with one attached hydrogen (secondary N) is 2. The Labute approximate surface area is 204 Å². The monoisotopic (exact) mass is 466 g/mol. The molecule has 0 saturated heterocycles. The Kier molecular flexibility index (Phi) is 8.10. The molecule has 1 unspecified atom stereocenters. The van der Waals surface area contributed by atoms with Gasteiger partial charge in [-0.2, -0.15) is 0 Å². The molecule has 1 saturated carbocycles. The number of aromatic nitrogens is 1. The number of Topliss-reactive ketones (excluding diaryl/α,β-unsaturated/α-hetero) is 1. The van der Waals surface area contributed by atoms with Gasteiger partial charge in [-0.15, -0.1) is 0 Å². The Morgan fingerprint density at radius 2 is 1.76 bits per heavy atom. The Balaban J connectivity index is 1.65. The molecule has 1 aliphatic heterocycles. The highest BCUT2D eigenvalue weighted by Crippen LogP contribution is 2.33. The molecule has 0 aromatic carbocycles. The lowest BCUT2D eigenvalue weighted by Crippen LogP contribution is -2.48. The van der Waals surface area contributed by atoms with Crippen LogP contribution in [0.1, 0.15) is 69.5 Å². The van der Waals surface area contributed by atoms with Crippen LogP contribution in [0.4, 0.5) is 5.69 Å². The van der Waals surface area contributed by atoms with E-state index in [1.54, 1.807) is 0 Å². The molecule has 1 aromatic rings. The third-order valence-electron chi connectivity index (χ3n) is 8.14. The summed E-state index contributed by atoms with van der Waals surface area (Å²) < 4.78 is 0. The average molecular weight is 467 g/mol. The van der Waals surface area contributed by atoms with Crippen LogP contribution >= 0.6 is 0 Å². The number of carbonyl (C=O) groups is 1. The van der Waals surface area contributed by atoms with Crippen molar-refractivity contribution in [3.8, 4) is 0 Å². The van der Waals surface area contributed by atoms with Gasteiger partial charge in [0, 0.05) is 42.4 Å². The number of pyridine rings is 1. The molecule has 3 aliphatic rings. The van der Waals surface area contributed by atoms with E-state index in [9.17, 15) is 9.59 Å². The zero-order valence-electron chi connectivity index (χ0n) is 21.5. The van der Waals surface area contributed by atoms with E-state index >= 15 is 0 Å². The van der Waals surface area contributed by atoms with Crippen LogP contribution in [-0.4, -0.2) is 65.9 Å². The van der Waals surface area contributed by atoms with E-state index in [0.29, 0.717) is 30.7 Å². The first-order chi connectivity index (χ1) is 16.4. The number of H-pyrrole nitrogens is 1. The van der Waals surface area contributed by atoms with Gasteiger partial charge in [-0.3, -0.25) is 14.5 Å². The van der Waals surface area contributed by atoms with Crippen LogP contribution in [0.2, 0.25) is 0 Å². The summed E-state index contributed by atoms with van der Waals surface area (Å²) in [5.41, 5.74) is 4.54. The fraction of sp³-hybridized carbons (Fsp3) is 0.643. The molecule has 6 nitrogen and oxygen atoms in total. The maximum Gasteiger partial charge on any atom is 0.271 e. The number of carbonyl (C=O) groups excluding carboxylic acids is 1. The van der Waals surface area contributed by atoms with Gasteiger partial charge in [-0.1, -0.05) is 25.5 Å². The minimum Gasteiger partial charge on any atom is -0.376 e. The lowest BCUT2D eigenvalue weighted by Gasteiger charge is -2.43. The van der Waals surface area contributed by atoms with Gasteiger partial charge in [0.2, 0.25) is 0 Å². The number of fused-ring (bicyclic) bond motifs is 1. The van der Waals surface area contributed by atoms with Gasteiger partial charge in [-0.25, -0.2) is 0 Å². The topological polar surface area (TPSA) is 68.4 Å². The van der Waals surface area contributed by atoms with Gasteiger partial charge in [-0.05, 0) is 89.7 Å². The van der Waals surface area contributed by atoms with Crippen LogP contribution in [0, 0.1) is 6.92 Å². The first-order valence-electron chi connectivity index (χ1n) is 13.2. The number of ketones is 1. The normalized spacial score (nSPS) is 26.2. The molecule has 0 spiro atoms. The van der Waals surface area contributed by atoms with E-state index < -0.39 is 0 Å². The molecule has 1 fully saturated rings. The van der Waals surface area contributed by atoms with E-state index in [0.717, 1.165) is 49.1 Å². The van der Waals surface area contributed by atoms with Crippen molar-refractivity contribution in [1.29, 1.82) is 0 Å². The summed E-state index contributed by atoms with van der Waals surface area (Å²) in [5.74, 6) is 0.187. The largest absolute Gasteiger partial charge is 0.376 e. The van der Waals surface area contributed by atoms with Crippen LogP contribution in [-0.2, 0) is 11.2 Å². The molecule has 0 bridgehead atoms. The number of nitrogens with zero attached hydrogens (tertiary/aromatic N) is 2. The molecular weight excluding hydrogens is 424 g/mol. The molecule has 186 valence electrons. The average Bonchev–Trinajstić information content (AvgIpc) is 2.84. The van der Waals surface area contributed by atoms with E-state index in [-0.39, 0.29) is 17.4 Å². The summed E-state index contributed by atoms with van der Waals surface area (Å²) in [6.45, 7) is 5.61. The number of rotatable bonds is 4. The molecule has 2 heterocycles. The lowest BCUT2D eigenvalue weighted by molar-refractivity contribution is -0.115. The first-order valence-corrected chi connectivity index (χ1v) is 13.2. The van der Waals surface area contributed by atoms with Crippen molar-refractivity contribution in [3.63, 3.8) is 0 Å². The van der Waals surface area contributed by atoms with Gasteiger partial charge in [0.1, 0.15) is 5.69 Å². The molecule has 0 amide bonds. The summed E-state index contributed by atoms with van der Waals surface area (Å²) in [6.07, 6.45) is 13.6. The van der Waals surface area contributed by atoms with E-state index in [2.05, 4.69) is 53.3 Å². The number of anilines is 1. The van der Waals surface area contributed by atoms with E-state index in [1.165, 1.54) is 31.3 Å². The predicted octanol–water partition coefficient (Wildman–Crippen LogP) is 4.21. The van der Waals surface area contributed by atoms with Crippen LogP contribution < -0.4 is 10.9 Å². The fourth-order valence-electron chi connectivity index (χ4n) is 6.31. The summed E-state index contributed by atoms with van der Waals surface area (Å²) >= 11 is 0. The highest BCUT2D eigenvalue weighted by molar-refractivity contribution is 5.99. The lowest BCUT2D eigenvalue weighted by atomic mass is 9.84. The molecule has 6 heteroatoms. The number of likely N-dealkylation sites (N-methyl/N-ethyl adjacent to an activating group) is 1. The Morgan fingerprint density at radius 1 is 1.03 bits per heavy atom. The van der Waals surface area contributed by atoms with Crippen LogP contribution in [0.5, 0.6) is 0 Å². The van der Waals surface area contributed by atoms with Crippen molar-refractivity contribution >= 4 is 11.5 Å². The van der Waals surface area contributed by atoms with Gasteiger partial charge in [0.15, 0.2) is 5.78 Å². The second-order valence-electron chi connectivity index (χ2n) is 10.5. The van der Waals surface area contributed by atoms with E-state index in [1.807, 2.05) is 13.0 Å². The van der Waals surface area contributed by atoms with Crippen LogP contribution in [0.3, 0.4) is 0 Å². The van der Waals surface area contributed by atoms with Crippen molar-refractivity contribution in [2.45, 2.75) is 89.8 Å². The predicted molar refractivity (Wildman–Crippen MR) is 140 cm³/mol. The maximum absolute atomic E-state index is 13.1. The first kappa shape index (κ1) is 24.9. The van der Waals surface area contributed by atoms with Crippen molar-refractivity contribution in [2.24, 2.45) is 0 Å². The number of hydrogen-bond acceptors (Lipinski definition) is 5. The smallest absolute Gasteiger partial charge is 0.271 e. The summed E-state index contributed by atoms with van der Waals surface area (Å²) in [7, 11) is 4.39. The van der Waals surface area contributed by atoms with Crippen molar-refractivity contribution in [1.82, 2.24) is 14.8 Å². The SMILES string of the molecule is CCN(C1CCC(N(C)C)CC1)C1CCCCc2cc(C)[nH]c(=O)c2NCC2=C1C=CCC2=O. The second-order valence-corrected chi connectivity index (χ2v) is 10.5. The zero-order chi connectivity index (χ0) is 24.2. The highest BCUT2D eigenvalue weighted by atomic mass is 16.1. The minimum atomic E-state index is -0.0837. The van der Waals surface area contributed by atoms with Crippen LogP contribution in [0.25, 0.3) is 0 Å². The number of aryl methyl sites for hydroxylation is 2.